The average Bonchev–Trinajstić information content (AvgIpc) is 3.34. The Balaban J connectivity index is 1.39. The van der Waals surface area contributed by atoms with Crippen molar-refractivity contribution in [1.29, 1.82) is 0 Å². The number of rotatable bonds is 7. The molecule has 4 rings (SSSR count). The minimum atomic E-state index is -0.0679. The van der Waals surface area contributed by atoms with Gasteiger partial charge in [0.2, 0.25) is 5.91 Å². The van der Waals surface area contributed by atoms with E-state index in [1.54, 1.807) is 17.2 Å². The van der Waals surface area contributed by atoms with Gasteiger partial charge in [0.05, 0.1) is 5.92 Å². The van der Waals surface area contributed by atoms with Gasteiger partial charge in [-0.2, -0.15) is 5.10 Å². The van der Waals surface area contributed by atoms with Crippen LogP contribution in [-0.2, 0) is 11.2 Å². The Morgan fingerprint density at radius 3 is 2.80 bits per heavy atom. The number of carbonyl (C=O) groups excluding carboxylic acids is 1. The first kappa shape index (κ1) is 20.1. The summed E-state index contributed by atoms with van der Waals surface area (Å²) < 4.78 is 1.71. The Morgan fingerprint density at radius 2 is 2.03 bits per heavy atom. The van der Waals surface area contributed by atoms with Crippen LogP contribution in [0.5, 0.6) is 0 Å². The largest absolute Gasteiger partial charge is 0.356 e. The maximum absolute atomic E-state index is 12.9. The van der Waals surface area contributed by atoms with E-state index in [4.69, 9.17) is 0 Å². The molecule has 1 saturated heterocycles. The minimum Gasteiger partial charge on any atom is -0.356 e. The lowest BCUT2D eigenvalue weighted by molar-refractivity contribution is -0.120. The summed E-state index contributed by atoms with van der Waals surface area (Å²) in [4.78, 5) is 23.8. The number of nitrogens with one attached hydrogen (secondary N) is 1. The number of hydrogen-bond acceptors (Lipinski definition) is 5. The average molecular weight is 405 g/mol. The molecule has 1 fully saturated rings. The SMILES string of the molecule is CCCCc1ccc(NC(=O)C2CCCN(c3cc(-n4cccn4)ncn3)C2)cc1. The standard InChI is InChI=1S/C23H28N6O/c1-2-3-6-18-8-10-20(11-9-18)27-23(30)19-7-4-13-28(16-19)21-15-22(25-17-24-21)29-14-5-12-26-29/h5,8-12,14-15,17,19H,2-4,6-7,13,16H2,1H3,(H,27,30). The topological polar surface area (TPSA) is 75.9 Å². The lowest BCUT2D eigenvalue weighted by Crippen LogP contribution is -2.41. The van der Waals surface area contributed by atoms with Crippen LogP contribution in [0.3, 0.4) is 0 Å². The molecule has 1 amide bonds. The molecule has 30 heavy (non-hydrogen) atoms. The van der Waals surface area contributed by atoms with Crippen LogP contribution in [0.2, 0.25) is 0 Å². The Labute approximate surface area is 177 Å². The molecule has 7 heteroatoms. The number of hydrogen-bond donors (Lipinski definition) is 1. The number of piperidine rings is 1. The van der Waals surface area contributed by atoms with E-state index in [2.05, 4.69) is 44.3 Å². The summed E-state index contributed by atoms with van der Waals surface area (Å²) in [6, 6.07) is 12.0. The number of nitrogens with zero attached hydrogens (tertiary/aromatic N) is 5. The van der Waals surface area contributed by atoms with Gasteiger partial charge in [0.25, 0.3) is 0 Å². The molecule has 7 nitrogen and oxygen atoms in total. The lowest BCUT2D eigenvalue weighted by Gasteiger charge is -2.32. The fourth-order valence-electron chi connectivity index (χ4n) is 3.82. The van der Waals surface area contributed by atoms with Crippen LogP contribution in [0, 0.1) is 5.92 Å². The van der Waals surface area contributed by atoms with Crippen molar-refractivity contribution in [2.75, 3.05) is 23.3 Å². The fourth-order valence-corrected chi connectivity index (χ4v) is 3.82. The third kappa shape index (κ3) is 4.84. The normalized spacial score (nSPS) is 16.4. The van der Waals surface area contributed by atoms with Crippen molar-refractivity contribution in [2.24, 2.45) is 5.92 Å². The van der Waals surface area contributed by atoms with E-state index < -0.39 is 0 Å². The Bertz CT molecular complexity index is 954. The number of unbranched alkanes of at least 4 members (excludes halogenated alkanes) is 1. The predicted molar refractivity (Wildman–Crippen MR) is 118 cm³/mol. The molecule has 156 valence electrons. The highest BCUT2D eigenvalue weighted by Crippen LogP contribution is 2.24. The number of benzene rings is 1. The van der Waals surface area contributed by atoms with Gasteiger partial charge in [0, 0.05) is 37.2 Å². The highest BCUT2D eigenvalue weighted by molar-refractivity contribution is 5.93. The first-order valence-electron chi connectivity index (χ1n) is 10.7. The Morgan fingerprint density at radius 1 is 1.20 bits per heavy atom. The molecular weight excluding hydrogens is 376 g/mol. The number of amides is 1. The van der Waals surface area contributed by atoms with Gasteiger partial charge in [-0.3, -0.25) is 4.79 Å². The molecule has 0 radical (unpaired) electrons. The van der Waals surface area contributed by atoms with E-state index in [0.29, 0.717) is 6.54 Å². The molecule has 3 heterocycles. The summed E-state index contributed by atoms with van der Waals surface area (Å²) >= 11 is 0. The first-order chi connectivity index (χ1) is 14.7. The second-order valence-electron chi connectivity index (χ2n) is 7.76. The van der Waals surface area contributed by atoms with Crippen LogP contribution < -0.4 is 10.2 Å². The summed E-state index contributed by atoms with van der Waals surface area (Å²) in [5.41, 5.74) is 2.18. The van der Waals surface area contributed by atoms with Crippen LogP contribution >= 0.6 is 0 Å². The zero-order chi connectivity index (χ0) is 20.8. The van der Waals surface area contributed by atoms with Crippen molar-refractivity contribution in [1.82, 2.24) is 19.7 Å². The molecule has 3 aromatic rings. The molecule has 0 spiro atoms. The lowest BCUT2D eigenvalue weighted by atomic mass is 9.97. The predicted octanol–water partition coefficient (Wildman–Crippen LogP) is 3.86. The molecule has 0 saturated carbocycles. The van der Waals surface area contributed by atoms with E-state index in [9.17, 15) is 4.79 Å². The molecule has 1 atom stereocenters. The van der Waals surface area contributed by atoms with Crippen molar-refractivity contribution in [2.45, 2.75) is 39.0 Å². The second-order valence-corrected chi connectivity index (χ2v) is 7.76. The molecule has 1 unspecified atom stereocenters. The summed E-state index contributed by atoms with van der Waals surface area (Å²) in [5.74, 6) is 1.55. The quantitative estimate of drug-likeness (QED) is 0.647. The summed E-state index contributed by atoms with van der Waals surface area (Å²) in [5, 5.41) is 7.32. The van der Waals surface area contributed by atoms with E-state index in [1.165, 1.54) is 18.4 Å². The van der Waals surface area contributed by atoms with Crippen molar-refractivity contribution in [3.63, 3.8) is 0 Å². The monoisotopic (exact) mass is 404 g/mol. The van der Waals surface area contributed by atoms with Crippen molar-refractivity contribution < 1.29 is 4.79 Å². The van der Waals surface area contributed by atoms with Crippen LogP contribution in [0.4, 0.5) is 11.5 Å². The van der Waals surface area contributed by atoms with Gasteiger partial charge in [-0.25, -0.2) is 14.6 Å². The second kappa shape index (κ2) is 9.52. The molecule has 1 aliphatic heterocycles. The Kier molecular flexibility index (Phi) is 6.37. The fraction of sp³-hybridized carbons (Fsp3) is 0.391. The Hall–Kier alpha value is -3.22. The smallest absolute Gasteiger partial charge is 0.229 e. The van der Waals surface area contributed by atoms with Crippen LogP contribution in [-0.4, -0.2) is 38.7 Å². The molecular formula is C23H28N6O. The number of anilines is 2. The first-order valence-corrected chi connectivity index (χ1v) is 10.7. The van der Waals surface area contributed by atoms with Gasteiger partial charge in [-0.05, 0) is 49.4 Å². The van der Waals surface area contributed by atoms with E-state index in [0.717, 1.165) is 43.1 Å². The maximum Gasteiger partial charge on any atom is 0.229 e. The van der Waals surface area contributed by atoms with Gasteiger partial charge in [0.1, 0.15) is 12.1 Å². The van der Waals surface area contributed by atoms with E-state index in [-0.39, 0.29) is 11.8 Å². The highest BCUT2D eigenvalue weighted by Gasteiger charge is 2.27. The summed E-state index contributed by atoms with van der Waals surface area (Å²) in [6.07, 6.45) is 10.4. The zero-order valence-corrected chi connectivity index (χ0v) is 17.4. The zero-order valence-electron chi connectivity index (χ0n) is 17.4. The minimum absolute atomic E-state index is 0.0679. The van der Waals surface area contributed by atoms with Gasteiger partial charge >= 0.3 is 0 Å². The third-order valence-corrected chi connectivity index (χ3v) is 5.53. The van der Waals surface area contributed by atoms with Crippen molar-refractivity contribution >= 4 is 17.4 Å². The van der Waals surface area contributed by atoms with Gasteiger partial charge in [-0.1, -0.05) is 25.5 Å². The van der Waals surface area contributed by atoms with Gasteiger partial charge in [0.15, 0.2) is 5.82 Å². The molecule has 2 aromatic heterocycles. The molecule has 0 bridgehead atoms. The molecule has 1 aromatic carbocycles. The van der Waals surface area contributed by atoms with E-state index in [1.807, 2.05) is 30.5 Å². The van der Waals surface area contributed by atoms with Crippen molar-refractivity contribution in [3.8, 4) is 5.82 Å². The number of carbonyl (C=O) groups is 1. The van der Waals surface area contributed by atoms with Crippen LogP contribution in [0.15, 0.2) is 55.1 Å². The highest BCUT2D eigenvalue weighted by atomic mass is 16.1. The van der Waals surface area contributed by atoms with Gasteiger partial charge in [-0.15, -0.1) is 0 Å². The molecule has 1 N–H and O–H groups in total. The summed E-state index contributed by atoms with van der Waals surface area (Å²) in [7, 11) is 0. The summed E-state index contributed by atoms with van der Waals surface area (Å²) in [6.45, 7) is 3.73. The van der Waals surface area contributed by atoms with E-state index >= 15 is 0 Å². The third-order valence-electron chi connectivity index (χ3n) is 5.53. The van der Waals surface area contributed by atoms with Gasteiger partial charge < -0.3 is 10.2 Å². The van der Waals surface area contributed by atoms with Crippen LogP contribution in [0.1, 0.15) is 38.2 Å². The number of aryl methyl sites for hydroxylation is 1. The number of aromatic nitrogens is 4. The van der Waals surface area contributed by atoms with Crippen molar-refractivity contribution in [3.05, 3.63) is 60.7 Å². The molecule has 0 aliphatic carbocycles. The maximum atomic E-state index is 12.9. The van der Waals surface area contributed by atoms with Crippen LogP contribution in [0.25, 0.3) is 5.82 Å². The molecule has 1 aliphatic rings.